The van der Waals surface area contributed by atoms with Gasteiger partial charge in [-0.3, -0.25) is 9.59 Å². The van der Waals surface area contributed by atoms with E-state index in [9.17, 15) is 9.59 Å². The van der Waals surface area contributed by atoms with Crippen LogP contribution in [0.1, 0.15) is 15.9 Å². The number of likely N-dealkylation sites (N-methyl/N-ethyl adjacent to an activating group) is 1. The molecule has 0 saturated heterocycles. The molecule has 0 heterocycles. The van der Waals surface area contributed by atoms with Crippen LogP contribution in [0.4, 0.5) is 11.4 Å². The third-order valence-corrected chi connectivity index (χ3v) is 3.37. The third-order valence-electron chi connectivity index (χ3n) is 3.37. The van der Waals surface area contributed by atoms with Crippen molar-refractivity contribution in [3.05, 3.63) is 59.7 Å². The largest absolute Gasteiger partial charge is 0.376 e. The Kier molecular flexibility index (Phi) is 5.36. The molecule has 0 unspecified atom stereocenters. The second-order valence-electron chi connectivity index (χ2n) is 5.54. The zero-order valence-electron chi connectivity index (χ0n) is 13.6. The van der Waals surface area contributed by atoms with Crippen LogP contribution in [0.3, 0.4) is 0 Å². The number of hydrogen-bond donors (Lipinski definition) is 2. The first-order valence-corrected chi connectivity index (χ1v) is 7.38. The van der Waals surface area contributed by atoms with Crippen molar-refractivity contribution in [3.8, 4) is 0 Å². The summed E-state index contributed by atoms with van der Waals surface area (Å²) in [7, 11) is 3.43. The number of amides is 2. The molecule has 0 aromatic heterocycles. The Balaban J connectivity index is 1.94. The molecule has 0 bridgehead atoms. The molecule has 2 aromatic carbocycles. The lowest BCUT2D eigenvalue weighted by Gasteiger charge is -2.12. The number of benzene rings is 2. The average molecular weight is 311 g/mol. The van der Waals surface area contributed by atoms with Crippen LogP contribution in [0.25, 0.3) is 0 Å². The van der Waals surface area contributed by atoms with Crippen molar-refractivity contribution in [1.29, 1.82) is 0 Å². The van der Waals surface area contributed by atoms with Crippen LogP contribution in [0.5, 0.6) is 0 Å². The minimum atomic E-state index is -0.141. The summed E-state index contributed by atoms with van der Waals surface area (Å²) in [6.07, 6.45) is 0. The van der Waals surface area contributed by atoms with Crippen LogP contribution < -0.4 is 10.6 Å². The molecule has 0 radical (unpaired) electrons. The predicted octanol–water partition coefficient (Wildman–Crippen LogP) is 2.75. The number of carbonyl (C=O) groups excluding carboxylic acids is 2. The molecule has 120 valence electrons. The number of nitrogens with zero attached hydrogens (tertiary/aromatic N) is 1. The summed E-state index contributed by atoms with van der Waals surface area (Å²) in [4.78, 5) is 25.2. The molecule has 0 aliphatic heterocycles. The van der Waals surface area contributed by atoms with E-state index in [1.807, 2.05) is 37.3 Å². The van der Waals surface area contributed by atoms with Crippen LogP contribution in [-0.4, -0.2) is 37.4 Å². The van der Waals surface area contributed by atoms with Crippen LogP contribution in [0, 0.1) is 6.92 Å². The fourth-order valence-electron chi connectivity index (χ4n) is 2.00. The highest BCUT2D eigenvalue weighted by molar-refractivity contribution is 6.04. The topological polar surface area (TPSA) is 61.4 Å². The summed E-state index contributed by atoms with van der Waals surface area (Å²) < 4.78 is 0. The molecular formula is C18H21N3O2. The van der Waals surface area contributed by atoms with E-state index in [-0.39, 0.29) is 18.4 Å². The lowest BCUT2D eigenvalue weighted by molar-refractivity contribution is -0.126. The monoisotopic (exact) mass is 311 g/mol. The van der Waals surface area contributed by atoms with Crippen molar-refractivity contribution in [1.82, 2.24) is 4.90 Å². The Morgan fingerprint density at radius 3 is 2.26 bits per heavy atom. The van der Waals surface area contributed by atoms with E-state index in [0.717, 1.165) is 11.3 Å². The van der Waals surface area contributed by atoms with Gasteiger partial charge in [0.15, 0.2) is 0 Å². The van der Waals surface area contributed by atoms with E-state index in [2.05, 4.69) is 10.6 Å². The van der Waals surface area contributed by atoms with Gasteiger partial charge in [-0.05, 0) is 43.3 Å². The molecule has 0 spiro atoms. The lowest BCUT2D eigenvalue weighted by atomic mass is 10.1. The van der Waals surface area contributed by atoms with Crippen LogP contribution in [0.15, 0.2) is 48.5 Å². The van der Waals surface area contributed by atoms with Crippen LogP contribution in [-0.2, 0) is 4.79 Å². The number of anilines is 2. The zero-order chi connectivity index (χ0) is 16.8. The molecule has 2 rings (SSSR count). The van der Waals surface area contributed by atoms with E-state index < -0.39 is 0 Å². The van der Waals surface area contributed by atoms with Gasteiger partial charge in [0.25, 0.3) is 5.91 Å². The van der Waals surface area contributed by atoms with Gasteiger partial charge in [0.2, 0.25) is 5.91 Å². The van der Waals surface area contributed by atoms with Gasteiger partial charge in [-0.25, -0.2) is 0 Å². The smallest absolute Gasteiger partial charge is 0.255 e. The maximum atomic E-state index is 12.2. The van der Waals surface area contributed by atoms with Gasteiger partial charge in [-0.15, -0.1) is 0 Å². The Morgan fingerprint density at radius 1 is 1.00 bits per heavy atom. The van der Waals surface area contributed by atoms with E-state index >= 15 is 0 Å². The summed E-state index contributed by atoms with van der Waals surface area (Å²) in [5, 5.41) is 5.90. The maximum absolute atomic E-state index is 12.2. The maximum Gasteiger partial charge on any atom is 0.255 e. The van der Waals surface area contributed by atoms with Crippen molar-refractivity contribution in [2.45, 2.75) is 6.92 Å². The van der Waals surface area contributed by atoms with Crippen molar-refractivity contribution in [3.63, 3.8) is 0 Å². The number of rotatable bonds is 5. The summed E-state index contributed by atoms with van der Waals surface area (Å²) >= 11 is 0. The van der Waals surface area contributed by atoms with Crippen molar-refractivity contribution < 1.29 is 9.59 Å². The van der Waals surface area contributed by atoms with Crippen LogP contribution >= 0.6 is 0 Å². The Bertz CT molecular complexity index is 694. The molecule has 0 aliphatic rings. The van der Waals surface area contributed by atoms with Crippen molar-refractivity contribution in [2.24, 2.45) is 0 Å². The first-order valence-electron chi connectivity index (χ1n) is 7.38. The summed E-state index contributed by atoms with van der Waals surface area (Å²) in [6, 6.07) is 14.7. The first-order chi connectivity index (χ1) is 11.0. The molecule has 0 aliphatic carbocycles. The molecule has 5 nitrogen and oxygen atoms in total. The second-order valence-corrected chi connectivity index (χ2v) is 5.54. The minimum absolute atomic E-state index is 0.00169. The number of carbonyl (C=O) groups is 2. The number of hydrogen-bond acceptors (Lipinski definition) is 3. The van der Waals surface area contributed by atoms with Gasteiger partial charge in [0, 0.05) is 31.0 Å². The molecule has 2 aromatic rings. The quantitative estimate of drug-likeness (QED) is 0.892. The molecule has 0 saturated carbocycles. The van der Waals surface area contributed by atoms with Gasteiger partial charge in [0.1, 0.15) is 0 Å². The Hall–Kier alpha value is -2.82. The van der Waals surface area contributed by atoms with E-state index in [1.165, 1.54) is 4.90 Å². The van der Waals surface area contributed by atoms with Gasteiger partial charge in [-0.1, -0.05) is 17.7 Å². The molecule has 0 atom stereocenters. The molecule has 2 amide bonds. The van der Waals surface area contributed by atoms with Gasteiger partial charge >= 0.3 is 0 Å². The SMILES string of the molecule is Cc1cccc(C(=O)Nc2ccc(NCC(=O)N(C)C)cc2)c1. The molecule has 0 fully saturated rings. The molecule has 2 N–H and O–H groups in total. The fraction of sp³-hybridized carbons (Fsp3) is 0.222. The lowest BCUT2D eigenvalue weighted by Crippen LogP contribution is -2.28. The Morgan fingerprint density at radius 2 is 1.65 bits per heavy atom. The Labute approximate surface area is 136 Å². The highest BCUT2D eigenvalue weighted by atomic mass is 16.2. The minimum Gasteiger partial charge on any atom is -0.376 e. The normalized spacial score (nSPS) is 10.0. The number of aryl methyl sites for hydroxylation is 1. The van der Waals surface area contributed by atoms with E-state index in [0.29, 0.717) is 11.3 Å². The number of nitrogens with one attached hydrogen (secondary N) is 2. The molecular weight excluding hydrogens is 290 g/mol. The average Bonchev–Trinajstić information content (AvgIpc) is 2.53. The van der Waals surface area contributed by atoms with E-state index in [1.54, 1.807) is 32.3 Å². The predicted molar refractivity (Wildman–Crippen MR) is 92.8 cm³/mol. The second kappa shape index (κ2) is 7.45. The standard InChI is InChI=1S/C18H21N3O2/c1-13-5-4-6-14(11-13)18(23)20-16-9-7-15(8-10-16)19-12-17(22)21(2)3/h4-11,19H,12H2,1-3H3,(H,20,23). The summed E-state index contributed by atoms with van der Waals surface area (Å²) in [5.74, 6) is -0.140. The zero-order valence-corrected chi connectivity index (χ0v) is 13.6. The van der Waals surface area contributed by atoms with E-state index in [4.69, 9.17) is 0 Å². The van der Waals surface area contributed by atoms with Crippen molar-refractivity contribution >= 4 is 23.2 Å². The summed E-state index contributed by atoms with van der Waals surface area (Å²) in [5.41, 5.74) is 3.21. The van der Waals surface area contributed by atoms with Gasteiger partial charge in [0.05, 0.1) is 6.54 Å². The fourth-order valence-corrected chi connectivity index (χ4v) is 2.00. The molecule has 5 heteroatoms. The first kappa shape index (κ1) is 16.5. The highest BCUT2D eigenvalue weighted by Crippen LogP contribution is 2.15. The highest BCUT2D eigenvalue weighted by Gasteiger charge is 2.06. The van der Waals surface area contributed by atoms with Gasteiger partial charge < -0.3 is 15.5 Å². The van der Waals surface area contributed by atoms with Gasteiger partial charge in [-0.2, -0.15) is 0 Å². The molecule has 23 heavy (non-hydrogen) atoms. The summed E-state index contributed by atoms with van der Waals surface area (Å²) in [6.45, 7) is 2.19. The third kappa shape index (κ3) is 4.85. The van der Waals surface area contributed by atoms with Crippen LogP contribution in [0.2, 0.25) is 0 Å². The van der Waals surface area contributed by atoms with Crippen molar-refractivity contribution in [2.75, 3.05) is 31.3 Å².